The molecule has 0 spiro atoms. The molecule has 0 fully saturated rings. The summed E-state index contributed by atoms with van der Waals surface area (Å²) in [5.74, 6) is -0.874. The van der Waals surface area contributed by atoms with E-state index < -0.39 is 5.97 Å². The van der Waals surface area contributed by atoms with Crippen molar-refractivity contribution in [2.45, 2.75) is 6.92 Å². The molecule has 0 atom stereocenters. The van der Waals surface area contributed by atoms with Gasteiger partial charge in [-0.2, -0.15) is 0 Å². The van der Waals surface area contributed by atoms with Crippen molar-refractivity contribution in [3.05, 3.63) is 24.0 Å². The number of carboxylic acids is 1. The van der Waals surface area contributed by atoms with Crippen molar-refractivity contribution in [3.63, 3.8) is 0 Å². The van der Waals surface area contributed by atoms with E-state index in [1.54, 1.807) is 7.05 Å². The number of hydrogen-bond acceptors (Lipinski definition) is 4. The Hall–Kier alpha value is -2.11. The van der Waals surface area contributed by atoms with E-state index in [2.05, 4.69) is 4.98 Å². The van der Waals surface area contributed by atoms with Gasteiger partial charge >= 0.3 is 5.97 Å². The van der Waals surface area contributed by atoms with Gasteiger partial charge in [0.1, 0.15) is 11.4 Å². The molecule has 0 bridgehead atoms. The molecule has 1 aromatic heterocycles. The molecule has 1 heterocycles. The van der Waals surface area contributed by atoms with Gasteiger partial charge in [-0.1, -0.05) is 0 Å². The van der Waals surface area contributed by atoms with Crippen molar-refractivity contribution >= 4 is 11.9 Å². The van der Waals surface area contributed by atoms with Gasteiger partial charge in [0, 0.05) is 13.6 Å². The minimum Gasteiger partial charge on any atom is -0.482 e. The van der Waals surface area contributed by atoms with Crippen LogP contribution in [0.3, 0.4) is 0 Å². The summed E-state index contributed by atoms with van der Waals surface area (Å²) in [6.07, 6.45) is 1.28. The third kappa shape index (κ3) is 3.75. The number of carbonyl (C=O) groups excluding carboxylic acids is 1. The molecule has 1 N–H and O–H groups in total. The molecule has 92 valence electrons. The maximum absolute atomic E-state index is 11.4. The molecule has 0 saturated heterocycles. The number of carboxylic acid groups (broad SMARTS) is 1. The van der Waals surface area contributed by atoms with E-state index in [9.17, 15) is 9.59 Å². The van der Waals surface area contributed by atoms with Crippen LogP contribution in [0.2, 0.25) is 0 Å². The van der Waals surface area contributed by atoms with Gasteiger partial charge in [-0.05, 0) is 19.1 Å². The molecular weight excluding hydrogens is 224 g/mol. The number of hydrogen-bond donors (Lipinski definition) is 1. The normalized spacial score (nSPS) is 9.76. The van der Waals surface area contributed by atoms with E-state index in [1.807, 2.05) is 6.92 Å². The molecule has 0 unspecified atom stereocenters. The lowest BCUT2D eigenvalue weighted by Gasteiger charge is -2.14. The zero-order chi connectivity index (χ0) is 12.8. The second-order valence-corrected chi connectivity index (χ2v) is 3.38. The predicted molar refractivity (Wildman–Crippen MR) is 60.0 cm³/mol. The van der Waals surface area contributed by atoms with Gasteiger partial charge in [0.2, 0.25) is 0 Å². The summed E-state index contributed by atoms with van der Waals surface area (Å²) < 4.78 is 5.18. The topological polar surface area (TPSA) is 79.7 Å². The van der Waals surface area contributed by atoms with Gasteiger partial charge in [-0.3, -0.25) is 4.79 Å². The Bertz CT molecular complexity index is 402. The van der Waals surface area contributed by atoms with Gasteiger partial charge in [-0.15, -0.1) is 0 Å². The summed E-state index contributed by atoms with van der Waals surface area (Å²) in [6, 6.07) is 2.79. The number of likely N-dealkylation sites (N-methyl/N-ethyl adjacent to an activating group) is 1. The van der Waals surface area contributed by atoms with Crippen molar-refractivity contribution in [1.82, 2.24) is 9.88 Å². The van der Waals surface area contributed by atoms with Gasteiger partial charge in [0.25, 0.3) is 5.91 Å². The van der Waals surface area contributed by atoms with Crippen molar-refractivity contribution in [2.75, 3.05) is 20.2 Å². The number of pyridine rings is 1. The van der Waals surface area contributed by atoms with Crippen LogP contribution in [0.5, 0.6) is 5.75 Å². The second-order valence-electron chi connectivity index (χ2n) is 3.38. The fraction of sp³-hybridized carbons (Fsp3) is 0.364. The molecule has 17 heavy (non-hydrogen) atoms. The highest BCUT2D eigenvalue weighted by atomic mass is 16.5. The Balaban J connectivity index is 2.53. The van der Waals surface area contributed by atoms with Gasteiger partial charge < -0.3 is 14.7 Å². The summed E-state index contributed by atoms with van der Waals surface area (Å²) in [4.78, 5) is 27.1. The molecule has 0 aromatic carbocycles. The van der Waals surface area contributed by atoms with Gasteiger partial charge in [-0.25, -0.2) is 9.78 Å². The maximum Gasteiger partial charge on any atom is 0.354 e. The molecule has 0 aliphatic rings. The van der Waals surface area contributed by atoms with Crippen LogP contribution < -0.4 is 4.74 Å². The van der Waals surface area contributed by atoms with Crippen LogP contribution in [0.1, 0.15) is 17.4 Å². The fourth-order valence-electron chi connectivity index (χ4n) is 1.02. The molecule has 0 saturated carbocycles. The quantitative estimate of drug-likeness (QED) is 0.814. The molecule has 1 amide bonds. The van der Waals surface area contributed by atoms with Crippen molar-refractivity contribution in [3.8, 4) is 5.75 Å². The smallest absolute Gasteiger partial charge is 0.354 e. The van der Waals surface area contributed by atoms with Crippen LogP contribution in [-0.2, 0) is 4.79 Å². The highest BCUT2D eigenvalue weighted by Gasteiger charge is 2.08. The third-order valence-electron chi connectivity index (χ3n) is 2.22. The van der Waals surface area contributed by atoms with Gasteiger partial charge in [0.05, 0.1) is 6.20 Å². The standard InChI is InChI=1S/C11H14N2O4/c1-3-13(2)10(14)7-17-8-4-5-9(11(15)16)12-6-8/h4-6H,3,7H2,1-2H3,(H,15,16). The van der Waals surface area contributed by atoms with E-state index in [0.717, 1.165) is 0 Å². The number of ether oxygens (including phenoxy) is 1. The Labute approximate surface area is 98.8 Å². The average Bonchev–Trinajstić information content (AvgIpc) is 2.35. The van der Waals surface area contributed by atoms with E-state index >= 15 is 0 Å². The lowest BCUT2D eigenvalue weighted by Crippen LogP contribution is -2.31. The predicted octanol–water partition coefficient (Wildman–Crippen LogP) is 0.637. The minimum absolute atomic E-state index is 0.0608. The van der Waals surface area contributed by atoms with Crippen molar-refractivity contribution in [2.24, 2.45) is 0 Å². The Morgan fingerprint density at radius 1 is 1.47 bits per heavy atom. The largest absolute Gasteiger partial charge is 0.482 e. The minimum atomic E-state index is -1.10. The number of nitrogens with zero attached hydrogens (tertiary/aromatic N) is 2. The first-order valence-electron chi connectivity index (χ1n) is 5.10. The lowest BCUT2D eigenvalue weighted by molar-refractivity contribution is -0.131. The first-order valence-corrected chi connectivity index (χ1v) is 5.10. The first kappa shape index (κ1) is 13.0. The molecule has 0 aliphatic heterocycles. The van der Waals surface area contributed by atoms with Crippen LogP contribution >= 0.6 is 0 Å². The van der Waals surface area contributed by atoms with Crippen LogP contribution in [0.25, 0.3) is 0 Å². The zero-order valence-electron chi connectivity index (χ0n) is 9.71. The highest BCUT2D eigenvalue weighted by molar-refractivity contribution is 5.85. The van der Waals surface area contributed by atoms with Gasteiger partial charge in [0.15, 0.2) is 6.61 Å². The van der Waals surface area contributed by atoms with E-state index in [-0.39, 0.29) is 18.2 Å². The molecule has 6 nitrogen and oxygen atoms in total. The Kier molecular flexibility index (Phi) is 4.45. The molecule has 0 aliphatic carbocycles. The number of aromatic carboxylic acids is 1. The summed E-state index contributed by atoms with van der Waals surface area (Å²) in [5, 5.41) is 8.63. The molecule has 1 aromatic rings. The maximum atomic E-state index is 11.4. The summed E-state index contributed by atoms with van der Waals surface area (Å²) >= 11 is 0. The first-order chi connectivity index (χ1) is 8.04. The van der Waals surface area contributed by atoms with E-state index in [1.165, 1.54) is 23.2 Å². The summed E-state index contributed by atoms with van der Waals surface area (Å²) in [6.45, 7) is 2.39. The number of aromatic nitrogens is 1. The highest BCUT2D eigenvalue weighted by Crippen LogP contribution is 2.09. The number of carbonyl (C=O) groups is 2. The lowest BCUT2D eigenvalue weighted by atomic mass is 10.3. The summed E-state index contributed by atoms with van der Waals surface area (Å²) in [7, 11) is 1.68. The van der Waals surface area contributed by atoms with E-state index in [4.69, 9.17) is 9.84 Å². The fourth-order valence-corrected chi connectivity index (χ4v) is 1.02. The summed E-state index contributed by atoms with van der Waals surface area (Å²) in [5.41, 5.74) is -0.0608. The number of amides is 1. The van der Waals surface area contributed by atoms with Crippen LogP contribution in [0.15, 0.2) is 18.3 Å². The van der Waals surface area contributed by atoms with Crippen molar-refractivity contribution in [1.29, 1.82) is 0 Å². The molecule has 6 heteroatoms. The average molecular weight is 238 g/mol. The van der Waals surface area contributed by atoms with E-state index in [0.29, 0.717) is 12.3 Å². The Morgan fingerprint density at radius 3 is 2.65 bits per heavy atom. The SMILES string of the molecule is CCN(C)C(=O)COc1ccc(C(=O)O)nc1. The van der Waals surface area contributed by atoms with Crippen LogP contribution in [0.4, 0.5) is 0 Å². The molecular formula is C11H14N2O4. The van der Waals surface area contributed by atoms with Crippen LogP contribution in [-0.4, -0.2) is 47.1 Å². The Morgan fingerprint density at radius 2 is 2.18 bits per heavy atom. The number of rotatable bonds is 5. The van der Waals surface area contributed by atoms with Crippen molar-refractivity contribution < 1.29 is 19.4 Å². The monoisotopic (exact) mass is 238 g/mol. The zero-order valence-corrected chi connectivity index (χ0v) is 9.71. The molecule has 1 rings (SSSR count). The molecule has 0 radical (unpaired) electrons. The third-order valence-corrected chi connectivity index (χ3v) is 2.22. The van der Waals surface area contributed by atoms with Crippen LogP contribution in [0, 0.1) is 0 Å². The second kappa shape index (κ2) is 5.83.